The molecule has 5 heteroatoms. The third-order valence-corrected chi connectivity index (χ3v) is 4.22. The fourth-order valence-corrected chi connectivity index (χ4v) is 3.04. The number of halogens is 1. The van der Waals surface area contributed by atoms with Gasteiger partial charge < -0.3 is 9.80 Å². The highest BCUT2D eigenvalue weighted by Crippen LogP contribution is 2.25. The highest BCUT2D eigenvalue weighted by atomic mass is 79.9. The number of hydrogen-bond acceptors (Lipinski definition) is 3. The summed E-state index contributed by atoms with van der Waals surface area (Å²) < 4.78 is 0.710. The number of amides is 1. The minimum Gasteiger partial charge on any atom is -0.334 e. The van der Waals surface area contributed by atoms with Gasteiger partial charge in [0.1, 0.15) is 4.60 Å². The van der Waals surface area contributed by atoms with Gasteiger partial charge in [0.05, 0.1) is 0 Å². The van der Waals surface area contributed by atoms with Gasteiger partial charge in [-0.25, -0.2) is 4.98 Å². The summed E-state index contributed by atoms with van der Waals surface area (Å²) >= 11 is 3.34. The highest BCUT2D eigenvalue weighted by molar-refractivity contribution is 9.10. The fraction of sp³-hybridized carbons (Fsp3) is 0.600. The molecule has 1 saturated carbocycles. The van der Waals surface area contributed by atoms with Crippen LogP contribution in [0.1, 0.15) is 36.0 Å². The summed E-state index contributed by atoms with van der Waals surface area (Å²) in [5.41, 5.74) is 0.720. The standard InChI is InChI=1S/C15H22BrN3O/c1-18(2)9-10-19(13-5-3-4-6-13)15(20)12-7-8-17-14(16)11-12/h7-8,11,13H,3-6,9-10H2,1-2H3. The van der Waals surface area contributed by atoms with Crippen molar-refractivity contribution in [1.29, 1.82) is 0 Å². The van der Waals surface area contributed by atoms with E-state index in [-0.39, 0.29) is 5.91 Å². The van der Waals surface area contributed by atoms with Gasteiger partial charge in [-0.2, -0.15) is 0 Å². The van der Waals surface area contributed by atoms with Crippen LogP contribution >= 0.6 is 15.9 Å². The van der Waals surface area contributed by atoms with E-state index in [1.165, 1.54) is 12.8 Å². The Labute approximate surface area is 129 Å². The van der Waals surface area contributed by atoms with Gasteiger partial charge in [0.15, 0.2) is 0 Å². The molecule has 4 nitrogen and oxygen atoms in total. The van der Waals surface area contributed by atoms with Crippen LogP contribution in [0.5, 0.6) is 0 Å². The minimum absolute atomic E-state index is 0.127. The number of aromatic nitrogens is 1. The number of hydrogen-bond donors (Lipinski definition) is 0. The molecule has 1 heterocycles. The Bertz CT molecular complexity index is 458. The highest BCUT2D eigenvalue weighted by Gasteiger charge is 2.27. The smallest absolute Gasteiger partial charge is 0.254 e. The first-order chi connectivity index (χ1) is 9.58. The summed E-state index contributed by atoms with van der Waals surface area (Å²) in [7, 11) is 4.08. The van der Waals surface area contributed by atoms with Crippen LogP contribution in [0.25, 0.3) is 0 Å². The SMILES string of the molecule is CN(C)CCN(C(=O)c1ccnc(Br)c1)C1CCCC1. The second-order valence-corrected chi connectivity index (χ2v) is 6.42. The predicted molar refractivity (Wildman–Crippen MR) is 83.8 cm³/mol. The summed E-state index contributed by atoms with van der Waals surface area (Å²) in [6.45, 7) is 1.69. The largest absolute Gasteiger partial charge is 0.334 e. The fourth-order valence-electron chi connectivity index (χ4n) is 2.67. The zero-order chi connectivity index (χ0) is 14.5. The molecule has 1 amide bonds. The van der Waals surface area contributed by atoms with Crippen molar-refractivity contribution in [3.8, 4) is 0 Å². The first-order valence-electron chi connectivity index (χ1n) is 7.15. The molecule has 110 valence electrons. The van der Waals surface area contributed by atoms with E-state index in [0.29, 0.717) is 10.6 Å². The quantitative estimate of drug-likeness (QED) is 0.774. The Morgan fingerprint density at radius 1 is 1.35 bits per heavy atom. The van der Waals surface area contributed by atoms with Crippen molar-refractivity contribution in [2.45, 2.75) is 31.7 Å². The summed E-state index contributed by atoms with van der Waals surface area (Å²) in [4.78, 5) is 21.0. The molecule has 1 aromatic heterocycles. The van der Waals surface area contributed by atoms with Gasteiger partial charge in [0.25, 0.3) is 5.91 Å². The maximum absolute atomic E-state index is 12.8. The van der Waals surface area contributed by atoms with Crippen LogP contribution in [0.2, 0.25) is 0 Å². The Morgan fingerprint density at radius 2 is 2.05 bits per heavy atom. The molecule has 0 unspecified atom stereocenters. The van der Waals surface area contributed by atoms with E-state index in [4.69, 9.17) is 0 Å². The number of carbonyl (C=O) groups excluding carboxylic acids is 1. The molecule has 0 atom stereocenters. The van der Waals surface area contributed by atoms with Crippen LogP contribution in [0, 0.1) is 0 Å². The molecule has 0 radical (unpaired) electrons. The van der Waals surface area contributed by atoms with Crippen molar-refractivity contribution < 1.29 is 4.79 Å². The zero-order valence-corrected chi connectivity index (χ0v) is 13.8. The Hall–Kier alpha value is -0.940. The van der Waals surface area contributed by atoms with Gasteiger partial charge in [0, 0.05) is 30.9 Å². The lowest BCUT2D eigenvalue weighted by molar-refractivity contribution is 0.0667. The summed E-state index contributed by atoms with van der Waals surface area (Å²) in [6, 6.07) is 4.00. The molecule has 1 fully saturated rings. The average Bonchev–Trinajstić information content (AvgIpc) is 2.92. The van der Waals surface area contributed by atoms with Crippen LogP contribution in [-0.2, 0) is 0 Å². The molecule has 1 aliphatic carbocycles. The predicted octanol–water partition coefficient (Wildman–Crippen LogP) is 2.79. The Balaban J connectivity index is 2.14. The normalized spacial score (nSPS) is 15.8. The molecular weight excluding hydrogens is 318 g/mol. The van der Waals surface area contributed by atoms with Crippen LogP contribution in [0.15, 0.2) is 22.9 Å². The molecule has 0 saturated heterocycles. The molecule has 0 bridgehead atoms. The zero-order valence-electron chi connectivity index (χ0n) is 12.2. The molecule has 20 heavy (non-hydrogen) atoms. The lowest BCUT2D eigenvalue weighted by Gasteiger charge is -2.30. The molecule has 0 N–H and O–H groups in total. The number of carbonyl (C=O) groups is 1. The van der Waals surface area contributed by atoms with Gasteiger partial charge in [-0.05, 0) is 55.0 Å². The maximum Gasteiger partial charge on any atom is 0.254 e. The van der Waals surface area contributed by atoms with Crippen molar-refractivity contribution in [3.05, 3.63) is 28.5 Å². The second kappa shape index (κ2) is 7.18. The molecule has 2 rings (SSSR count). The lowest BCUT2D eigenvalue weighted by Crippen LogP contribution is -2.42. The van der Waals surface area contributed by atoms with Crippen molar-refractivity contribution in [2.24, 2.45) is 0 Å². The Kier molecular flexibility index (Phi) is 5.54. The number of rotatable bonds is 5. The molecule has 0 spiro atoms. The topological polar surface area (TPSA) is 36.4 Å². The van der Waals surface area contributed by atoms with Crippen LogP contribution in [0.3, 0.4) is 0 Å². The van der Waals surface area contributed by atoms with Crippen molar-refractivity contribution in [3.63, 3.8) is 0 Å². The van der Waals surface area contributed by atoms with E-state index in [9.17, 15) is 4.79 Å². The van der Waals surface area contributed by atoms with E-state index in [1.807, 2.05) is 14.1 Å². The third kappa shape index (κ3) is 4.03. The number of nitrogens with zero attached hydrogens (tertiary/aromatic N) is 3. The van der Waals surface area contributed by atoms with Gasteiger partial charge in [-0.3, -0.25) is 4.79 Å². The van der Waals surface area contributed by atoms with Crippen molar-refractivity contribution in [1.82, 2.24) is 14.8 Å². The van der Waals surface area contributed by atoms with Gasteiger partial charge in [-0.1, -0.05) is 12.8 Å². The molecule has 0 aromatic carbocycles. The van der Waals surface area contributed by atoms with E-state index < -0.39 is 0 Å². The average molecular weight is 340 g/mol. The summed E-state index contributed by atoms with van der Waals surface area (Å²) in [5.74, 6) is 0.127. The summed E-state index contributed by atoms with van der Waals surface area (Å²) in [6.07, 6.45) is 6.40. The molecule has 1 aliphatic rings. The lowest BCUT2D eigenvalue weighted by atomic mass is 10.1. The van der Waals surface area contributed by atoms with Gasteiger partial charge in [0.2, 0.25) is 0 Å². The monoisotopic (exact) mass is 339 g/mol. The van der Waals surface area contributed by atoms with E-state index >= 15 is 0 Å². The number of pyridine rings is 1. The maximum atomic E-state index is 12.8. The van der Waals surface area contributed by atoms with Crippen molar-refractivity contribution >= 4 is 21.8 Å². The number of likely N-dealkylation sites (N-methyl/N-ethyl adjacent to an activating group) is 1. The van der Waals surface area contributed by atoms with Gasteiger partial charge in [-0.15, -0.1) is 0 Å². The molecular formula is C15H22BrN3O. The minimum atomic E-state index is 0.127. The summed E-state index contributed by atoms with van der Waals surface area (Å²) in [5, 5.41) is 0. The van der Waals surface area contributed by atoms with Crippen LogP contribution in [0.4, 0.5) is 0 Å². The first-order valence-corrected chi connectivity index (χ1v) is 7.94. The Morgan fingerprint density at radius 3 is 2.65 bits per heavy atom. The van der Waals surface area contributed by atoms with Crippen LogP contribution in [-0.4, -0.2) is 53.9 Å². The first kappa shape index (κ1) is 15.4. The second-order valence-electron chi connectivity index (χ2n) is 5.61. The van der Waals surface area contributed by atoms with E-state index in [0.717, 1.165) is 31.5 Å². The van der Waals surface area contributed by atoms with Gasteiger partial charge >= 0.3 is 0 Å². The van der Waals surface area contributed by atoms with Crippen LogP contribution < -0.4 is 0 Å². The third-order valence-electron chi connectivity index (χ3n) is 3.79. The molecule has 0 aliphatic heterocycles. The molecule has 1 aromatic rings. The van der Waals surface area contributed by atoms with Crippen molar-refractivity contribution in [2.75, 3.05) is 27.2 Å². The van der Waals surface area contributed by atoms with E-state index in [1.54, 1.807) is 18.3 Å². The van der Waals surface area contributed by atoms with E-state index in [2.05, 4.69) is 30.7 Å².